The molecule has 0 unspecified atom stereocenters. The zero-order valence-corrected chi connectivity index (χ0v) is 11.9. The molecule has 0 atom stereocenters. The molecule has 0 aliphatic carbocycles. The normalized spacial score (nSPS) is 15.9. The second kappa shape index (κ2) is 7.20. The molecule has 1 amide bonds. The van der Waals surface area contributed by atoms with Gasteiger partial charge in [-0.2, -0.15) is 0 Å². The van der Waals surface area contributed by atoms with Crippen molar-refractivity contribution in [2.75, 3.05) is 19.7 Å². The number of piperidine rings is 1. The number of hydrogen-bond acceptors (Lipinski definition) is 3. The van der Waals surface area contributed by atoms with Crippen LogP contribution in [0.2, 0.25) is 0 Å². The van der Waals surface area contributed by atoms with Crippen LogP contribution in [0.1, 0.15) is 23.2 Å². The Bertz CT molecular complexity index is 525. The van der Waals surface area contributed by atoms with Gasteiger partial charge in [-0.3, -0.25) is 4.79 Å². The van der Waals surface area contributed by atoms with Gasteiger partial charge in [0.1, 0.15) is 5.75 Å². The lowest BCUT2D eigenvalue weighted by molar-refractivity contribution is -0.139. The number of carbonyl (C=O) groups excluding carboxylic acids is 1. The largest absolute Gasteiger partial charge is 0.482 e. The topological polar surface area (TPSA) is 66.8 Å². The van der Waals surface area contributed by atoms with Crippen molar-refractivity contribution < 1.29 is 28.2 Å². The fourth-order valence-corrected chi connectivity index (χ4v) is 2.38. The van der Waals surface area contributed by atoms with Gasteiger partial charge < -0.3 is 14.7 Å². The van der Waals surface area contributed by atoms with Gasteiger partial charge in [-0.25, -0.2) is 13.6 Å². The number of hydrogen-bond donors (Lipinski definition) is 1. The molecule has 1 aromatic carbocycles. The van der Waals surface area contributed by atoms with Crippen molar-refractivity contribution in [2.45, 2.75) is 19.3 Å². The Hall–Kier alpha value is -2.18. The van der Waals surface area contributed by atoms with Crippen molar-refractivity contribution in [3.05, 3.63) is 29.8 Å². The van der Waals surface area contributed by atoms with Crippen LogP contribution in [0.4, 0.5) is 8.78 Å². The molecule has 5 nitrogen and oxygen atoms in total. The Morgan fingerprint density at radius 1 is 1.23 bits per heavy atom. The van der Waals surface area contributed by atoms with Crippen LogP contribution >= 0.6 is 0 Å². The molecule has 0 bridgehead atoms. The first-order valence-electron chi connectivity index (χ1n) is 6.99. The standard InChI is InChI=1S/C15H17F2NO4/c16-14(17)10-5-7-18(8-6-10)15(21)11-1-3-12(4-2-11)22-9-13(19)20/h1-4,10,14H,5-9H2,(H,19,20). The lowest BCUT2D eigenvalue weighted by atomic mass is 9.97. The van der Waals surface area contributed by atoms with Gasteiger partial charge in [0.25, 0.3) is 5.91 Å². The lowest BCUT2D eigenvalue weighted by Gasteiger charge is -2.31. The van der Waals surface area contributed by atoms with E-state index in [1.54, 1.807) is 17.0 Å². The molecule has 0 spiro atoms. The maximum atomic E-state index is 12.6. The van der Waals surface area contributed by atoms with Crippen LogP contribution in [0.25, 0.3) is 0 Å². The number of halogens is 2. The summed E-state index contributed by atoms with van der Waals surface area (Å²) in [6.45, 7) is 0.199. The first-order chi connectivity index (χ1) is 10.5. The number of aliphatic carboxylic acids is 1. The van der Waals surface area contributed by atoms with Crippen LogP contribution in [-0.2, 0) is 4.79 Å². The summed E-state index contributed by atoms with van der Waals surface area (Å²) in [4.78, 5) is 24.2. The van der Waals surface area contributed by atoms with Crippen LogP contribution < -0.4 is 4.74 Å². The summed E-state index contributed by atoms with van der Waals surface area (Å²) in [5.74, 6) is -1.56. The molecule has 120 valence electrons. The van der Waals surface area contributed by atoms with Crippen LogP contribution in [0.5, 0.6) is 5.75 Å². The number of likely N-dealkylation sites (tertiary alicyclic amines) is 1. The smallest absolute Gasteiger partial charge is 0.341 e. The van der Waals surface area contributed by atoms with E-state index in [1.165, 1.54) is 12.1 Å². The monoisotopic (exact) mass is 313 g/mol. The summed E-state index contributed by atoms with van der Waals surface area (Å²) in [5, 5.41) is 8.51. The zero-order valence-electron chi connectivity index (χ0n) is 11.9. The molecule has 1 aliphatic heterocycles. The third-order valence-electron chi connectivity index (χ3n) is 3.65. The van der Waals surface area contributed by atoms with Crippen LogP contribution in [0, 0.1) is 5.92 Å². The van der Waals surface area contributed by atoms with Crippen molar-refractivity contribution in [3.63, 3.8) is 0 Å². The summed E-state index contributed by atoms with van der Waals surface area (Å²) >= 11 is 0. The SMILES string of the molecule is O=C(O)COc1ccc(C(=O)N2CCC(C(F)F)CC2)cc1. The molecule has 0 saturated carbocycles. The molecule has 1 N–H and O–H groups in total. The Labute approximate surface area is 126 Å². The van der Waals surface area contributed by atoms with Gasteiger partial charge in [-0.05, 0) is 37.1 Å². The highest BCUT2D eigenvalue weighted by molar-refractivity contribution is 5.94. The molecule has 1 aromatic rings. The highest BCUT2D eigenvalue weighted by Gasteiger charge is 2.28. The Balaban J connectivity index is 1.91. The van der Waals surface area contributed by atoms with Crippen LogP contribution in [0.3, 0.4) is 0 Å². The quantitative estimate of drug-likeness (QED) is 0.905. The average molecular weight is 313 g/mol. The van der Waals surface area contributed by atoms with Gasteiger partial charge in [0, 0.05) is 24.6 Å². The molecule has 0 radical (unpaired) electrons. The fraction of sp³-hybridized carbons (Fsp3) is 0.467. The van der Waals surface area contributed by atoms with E-state index >= 15 is 0 Å². The number of carboxylic acids is 1. The first-order valence-corrected chi connectivity index (χ1v) is 6.99. The molecule has 0 aromatic heterocycles. The second-order valence-electron chi connectivity index (χ2n) is 5.17. The minimum absolute atomic E-state index is 0.211. The lowest BCUT2D eigenvalue weighted by Crippen LogP contribution is -2.39. The van der Waals surface area contributed by atoms with Gasteiger partial charge in [0.15, 0.2) is 6.61 Å². The first kappa shape index (κ1) is 16.2. The Morgan fingerprint density at radius 3 is 2.32 bits per heavy atom. The molecule has 1 heterocycles. The molecule has 1 aliphatic rings. The van der Waals surface area contributed by atoms with Gasteiger partial charge in [-0.1, -0.05) is 0 Å². The van der Waals surface area contributed by atoms with Crippen molar-refractivity contribution in [1.29, 1.82) is 0 Å². The molecule has 1 fully saturated rings. The summed E-state index contributed by atoms with van der Waals surface area (Å²) in [6, 6.07) is 6.11. The zero-order chi connectivity index (χ0) is 16.1. The van der Waals surface area contributed by atoms with E-state index in [1.807, 2.05) is 0 Å². The highest BCUT2D eigenvalue weighted by Crippen LogP contribution is 2.24. The third kappa shape index (κ3) is 4.16. The predicted molar refractivity (Wildman–Crippen MR) is 74.2 cm³/mol. The molecule has 2 rings (SSSR count). The number of carbonyl (C=O) groups is 2. The molecule has 7 heteroatoms. The predicted octanol–water partition coefficient (Wildman–Crippen LogP) is 2.27. The van der Waals surface area contributed by atoms with Crippen LogP contribution in [0.15, 0.2) is 24.3 Å². The Kier molecular flexibility index (Phi) is 5.30. The molecule has 1 saturated heterocycles. The van der Waals surface area contributed by atoms with Gasteiger partial charge >= 0.3 is 5.97 Å². The summed E-state index contributed by atoms with van der Waals surface area (Å²) < 4.78 is 30.2. The second-order valence-corrected chi connectivity index (χ2v) is 5.17. The summed E-state index contributed by atoms with van der Waals surface area (Å²) in [5.41, 5.74) is 0.429. The van der Waals surface area contributed by atoms with Gasteiger partial charge in [-0.15, -0.1) is 0 Å². The summed E-state index contributed by atoms with van der Waals surface area (Å²) in [7, 11) is 0. The van der Waals surface area contributed by atoms with E-state index in [0.29, 0.717) is 37.2 Å². The van der Waals surface area contributed by atoms with Crippen molar-refractivity contribution >= 4 is 11.9 Å². The minimum atomic E-state index is -2.33. The molecule has 22 heavy (non-hydrogen) atoms. The van der Waals surface area contributed by atoms with Gasteiger partial charge in [0.2, 0.25) is 6.43 Å². The van der Waals surface area contributed by atoms with E-state index < -0.39 is 24.9 Å². The maximum absolute atomic E-state index is 12.6. The van der Waals surface area contributed by atoms with E-state index in [0.717, 1.165) is 0 Å². The van der Waals surface area contributed by atoms with Crippen molar-refractivity contribution in [3.8, 4) is 5.75 Å². The van der Waals surface area contributed by atoms with E-state index in [2.05, 4.69) is 0 Å². The van der Waals surface area contributed by atoms with Crippen molar-refractivity contribution in [2.24, 2.45) is 5.92 Å². The number of alkyl halides is 2. The maximum Gasteiger partial charge on any atom is 0.341 e. The van der Waals surface area contributed by atoms with E-state index in [-0.39, 0.29) is 5.91 Å². The molecular formula is C15H17F2NO4. The molecular weight excluding hydrogens is 296 g/mol. The van der Waals surface area contributed by atoms with Crippen LogP contribution in [-0.4, -0.2) is 48.0 Å². The minimum Gasteiger partial charge on any atom is -0.482 e. The number of carboxylic acid groups (broad SMARTS) is 1. The summed E-state index contributed by atoms with van der Waals surface area (Å²) in [6.07, 6.45) is -1.71. The highest BCUT2D eigenvalue weighted by atomic mass is 19.3. The average Bonchev–Trinajstić information content (AvgIpc) is 2.53. The van der Waals surface area contributed by atoms with E-state index in [4.69, 9.17) is 9.84 Å². The fourth-order valence-electron chi connectivity index (χ4n) is 2.38. The van der Waals surface area contributed by atoms with E-state index in [9.17, 15) is 18.4 Å². The number of ether oxygens (including phenoxy) is 1. The number of nitrogens with zero attached hydrogens (tertiary/aromatic N) is 1. The number of amides is 1. The Morgan fingerprint density at radius 2 is 1.82 bits per heavy atom. The van der Waals surface area contributed by atoms with Crippen molar-refractivity contribution in [1.82, 2.24) is 4.90 Å². The van der Waals surface area contributed by atoms with Gasteiger partial charge in [0.05, 0.1) is 0 Å². The number of benzene rings is 1. The third-order valence-corrected chi connectivity index (χ3v) is 3.65. The number of rotatable bonds is 5.